The second kappa shape index (κ2) is 7.63. The number of nitrogens with zero attached hydrogens (tertiary/aromatic N) is 3. The molecule has 0 atom stereocenters. The molecule has 0 radical (unpaired) electrons. The molecule has 0 fully saturated rings. The van der Waals surface area contributed by atoms with Crippen LogP contribution in [0.4, 0.5) is 10.7 Å². The summed E-state index contributed by atoms with van der Waals surface area (Å²) in [6.45, 7) is 6.38. The van der Waals surface area contributed by atoms with Crippen LogP contribution in [0.3, 0.4) is 0 Å². The molecule has 0 aliphatic heterocycles. The summed E-state index contributed by atoms with van der Waals surface area (Å²) in [5.74, 6) is 0.305. The molecule has 142 valence electrons. The SMILES string of the molecule is CN(CCCNC(=O)OC(C)(C)C)C(=O)c1ccc2c(c1)nc(N)n2C. The number of hydrogen-bond acceptors (Lipinski definition) is 5. The molecule has 0 aliphatic carbocycles. The van der Waals surface area contributed by atoms with Crippen LogP contribution in [0.15, 0.2) is 18.2 Å². The number of imidazole rings is 1. The highest BCUT2D eigenvalue weighted by atomic mass is 16.6. The van der Waals surface area contributed by atoms with Crippen molar-refractivity contribution in [2.45, 2.75) is 32.8 Å². The van der Waals surface area contributed by atoms with Crippen molar-refractivity contribution in [3.05, 3.63) is 23.8 Å². The number of anilines is 1. The molecule has 2 aromatic rings. The van der Waals surface area contributed by atoms with Crippen molar-refractivity contribution in [2.75, 3.05) is 25.9 Å². The van der Waals surface area contributed by atoms with Crippen LogP contribution in [0.25, 0.3) is 11.0 Å². The van der Waals surface area contributed by atoms with Gasteiger partial charge in [-0.2, -0.15) is 0 Å². The normalized spacial score (nSPS) is 11.4. The van der Waals surface area contributed by atoms with Crippen LogP contribution in [-0.2, 0) is 11.8 Å². The fraction of sp³-hybridized carbons (Fsp3) is 0.500. The molecule has 0 aliphatic rings. The van der Waals surface area contributed by atoms with Crippen molar-refractivity contribution in [3.63, 3.8) is 0 Å². The predicted molar refractivity (Wildman–Crippen MR) is 101 cm³/mol. The topological polar surface area (TPSA) is 102 Å². The van der Waals surface area contributed by atoms with Crippen molar-refractivity contribution < 1.29 is 14.3 Å². The molecule has 1 aromatic heterocycles. The highest BCUT2D eigenvalue weighted by molar-refractivity contribution is 5.97. The van der Waals surface area contributed by atoms with E-state index in [0.29, 0.717) is 36.5 Å². The van der Waals surface area contributed by atoms with Crippen LogP contribution >= 0.6 is 0 Å². The summed E-state index contributed by atoms with van der Waals surface area (Å²) >= 11 is 0. The Morgan fingerprint density at radius 3 is 2.69 bits per heavy atom. The highest BCUT2D eigenvalue weighted by Gasteiger charge is 2.16. The summed E-state index contributed by atoms with van der Waals surface area (Å²) in [5, 5.41) is 2.68. The number of carbonyl (C=O) groups excluding carboxylic acids is 2. The zero-order valence-corrected chi connectivity index (χ0v) is 16.0. The number of rotatable bonds is 5. The summed E-state index contributed by atoms with van der Waals surface area (Å²) in [7, 11) is 3.56. The van der Waals surface area contributed by atoms with E-state index in [1.165, 1.54) is 0 Å². The number of ether oxygens (including phenoxy) is 1. The molecule has 2 rings (SSSR count). The Morgan fingerprint density at radius 2 is 2.04 bits per heavy atom. The number of benzene rings is 1. The predicted octanol–water partition coefficient (Wildman–Crippen LogP) is 2.14. The zero-order chi connectivity index (χ0) is 19.5. The lowest BCUT2D eigenvalue weighted by atomic mass is 10.1. The maximum absolute atomic E-state index is 12.5. The Hall–Kier alpha value is -2.77. The molecule has 0 unspecified atom stereocenters. The summed E-state index contributed by atoms with van der Waals surface area (Å²) < 4.78 is 6.94. The fourth-order valence-electron chi connectivity index (χ4n) is 2.49. The minimum Gasteiger partial charge on any atom is -0.444 e. The molecular formula is C18H27N5O3. The molecule has 26 heavy (non-hydrogen) atoms. The molecule has 1 heterocycles. The average Bonchev–Trinajstić information content (AvgIpc) is 2.83. The Bertz CT molecular complexity index is 807. The summed E-state index contributed by atoms with van der Waals surface area (Å²) in [6, 6.07) is 5.34. The molecular weight excluding hydrogens is 334 g/mol. The van der Waals surface area contributed by atoms with E-state index in [4.69, 9.17) is 10.5 Å². The first-order chi connectivity index (χ1) is 12.1. The number of carbonyl (C=O) groups is 2. The third kappa shape index (κ3) is 4.87. The van der Waals surface area contributed by atoms with Crippen LogP contribution in [0, 0.1) is 0 Å². The number of nitrogens with one attached hydrogen (secondary N) is 1. The fourth-order valence-corrected chi connectivity index (χ4v) is 2.49. The Morgan fingerprint density at radius 1 is 1.35 bits per heavy atom. The highest BCUT2D eigenvalue weighted by Crippen LogP contribution is 2.18. The largest absolute Gasteiger partial charge is 0.444 e. The van der Waals surface area contributed by atoms with Gasteiger partial charge >= 0.3 is 6.09 Å². The first-order valence-corrected chi connectivity index (χ1v) is 8.53. The van der Waals surface area contributed by atoms with Gasteiger partial charge in [0, 0.05) is 32.7 Å². The maximum Gasteiger partial charge on any atom is 0.407 e. The minimum absolute atomic E-state index is 0.103. The number of amides is 2. The van der Waals surface area contributed by atoms with Crippen molar-refractivity contribution in [1.82, 2.24) is 19.8 Å². The van der Waals surface area contributed by atoms with Gasteiger partial charge in [-0.1, -0.05) is 0 Å². The van der Waals surface area contributed by atoms with Gasteiger partial charge in [-0.3, -0.25) is 4.79 Å². The van der Waals surface area contributed by atoms with E-state index in [1.807, 2.05) is 33.9 Å². The lowest BCUT2D eigenvalue weighted by molar-refractivity contribution is 0.0526. The molecule has 2 amide bonds. The summed E-state index contributed by atoms with van der Waals surface area (Å²) in [6.07, 6.45) is 0.171. The van der Waals surface area contributed by atoms with Crippen LogP contribution in [0.1, 0.15) is 37.6 Å². The van der Waals surface area contributed by atoms with E-state index in [1.54, 1.807) is 28.6 Å². The monoisotopic (exact) mass is 361 g/mol. The van der Waals surface area contributed by atoms with Crippen LogP contribution in [0.5, 0.6) is 0 Å². The molecule has 1 aromatic carbocycles. The molecule has 0 spiro atoms. The number of nitrogens with two attached hydrogens (primary N) is 1. The van der Waals surface area contributed by atoms with E-state index < -0.39 is 11.7 Å². The lowest BCUT2D eigenvalue weighted by Gasteiger charge is -2.20. The smallest absolute Gasteiger partial charge is 0.407 e. The number of nitrogen functional groups attached to an aromatic ring is 1. The number of hydrogen-bond donors (Lipinski definition) is 2. The molecule has 8 heteroatoms. The van der Waals surface area contributed by atoms with Gasteiger partial charge in [0.2, 0.25) is 5.95 Å². The van der Waals surface area contributed by atoms with E-state index in [2.05, 4.69) is 10.3 Å². The summed E-state index contributed by atoms with van der Waals surface area (Å²) in [5.41, 5.74) is 7.39. The molecule has 3 N–H and O–H groups in total. The van der Waals surface area contributed by atoms with E-state index >= 15 is 0 Å². The van der Waals surface area contributed by atoms with E-state index in [9.17, 15) is 9.59 Å². The first-order valence-electron chi connectivity index (χ1n) is 8.53. The van der Waals surface area contributed by atoms with Gasteiger partial charge < -0.3 is 25.3 Å². The second-order valence-electron chi connectivity index (χ2n) is 7.24. The molecule has 0 saturated carbocycles. The van der Waals surface area contributed by atoms with Gasteiger partial charge in [0.25, 0.3) is 5.91 Å². The van der Waals surface area contributed by atoms with Crippen molar-refractivity contribution in [2.24, 2.45) is 7.05 Å². The Labute approximate surface area is 153 Å². The van der Waals surface area contributed by atoms with Gasteiger partial charge in [-0.15, -0.1) is 0 Å². The van der Waals surface area contributed by atoms with E-state index in [-0.39, 0.29) is 5.91 Å². The van der Waals surface area contributed by atoms with Crippen molar-refractivity contribution >= 4 is 29.0 Å². The molecule has 0 saturated heterocycles. The van der Waals surface area contributed by atoms with Gasteiger partial charge in [0.05, 0.1) is 11.0 Å². The van der Waals surface area contributed by atoms with E-state index in [0.717, 1.165) is 5.52 Å². The van der Waals surface area contributed by atoms with Crippen molar-refractivity contribution in [3.8, 4) is 0 Å². The number of fused-ring (bicyclic) bond motifs is 1. The van der Waals surface area contributed by atoms with Crippen molar-refractivity contribution in [1.29, 1.82) is 0 Å². The quantitative estimate of drug-likeness (QED) is 0.794. The van der Waals surface area contributed by atoms with Gasteiger partial charge in [0.1, 0.15) is 5.60 Å². The van der Waals surface area contributed by atoms with Gasteiger partial charge in [0.15, 0.2) is 0 Å². The summed E-state index contributed by atoms with van der Waals surface area (Å²) in [4.78, 5) is 30.0. The lowest BCUT2D eigenvalue weighted by Crippen LogP contribution is -2.35. The first kappa shape index (κ1) is 19.6. The van der Waals surface area contributed by atoms with Crippen LogP contribution in [0.2, 0.25) is 0 Å². The van der Waals surface area contributed by atoms with Gasteiger partial charge in [-0.05, 0) is 45.4 Å². The zero-order valence-electron chi connectivity index (χ0n) is 16.0. The molecule has 0 bridgehead atoms. The number of aromatic nitrogens is 2. The van der Waals surface area contributed by atoms with Gasteiger partial charge in [-0.25, -0.2) is 9.78 Å². The van der Waals surface area contributed by atoms with Crippen LogP contribution < -0.4 is 11.1 Å². The Balaban J connectivity index is 1.87. The maximum atomic E-state index is 12.5. The minimum atomic E-state index is -0.523. The standard InChI is InChI=1S/C18H27N5O3/c1-18(2,3)26-17(25)20-9-6-10-22(4)15(24)12-7-8-14-13(11-12)21-16(19)23(14)5/h7-8,11H,6,9-10H2,1-5H3,(H2,19,21)(H,20,25). The number of aryl methyl sites for hydroxylation is 1. The van der Waals surface area contributed by atoms with Crippen LogP contribution in [-0.4, -0.2) is 52.2 Å². The second-order valence-corrected chi connectivity index (χ2v) is 7.24. The third-order valence-electron chi connectivity index (χ3n) is 3.85. The average molecular weight is 361 g/mol. The number of alkyl carbamates (subject to hydrolysis) is 1. The molecule has 8 nitrogen and oxygen atoms in total. The Kier molecular flexibility index (Phi) is 5.74. The third-order valence-corrected chi connectivity index (χ3v) is 3.85.